The summed E-state index contributed by atoms with van der Waals surface area (Å²) in [5.41, 5.74) is 10.3. The quantitative estimate of drug-likeness (QED) is 0.460. The van der Waals surface area contributed by atoms with E-state index in [2.05, 4.69) is 20.3 Å². The van der Waals surface area contributed by atoms with Crippen LogP contribution in [-0.2, 0) is 13.5 Å². The molecule has 0 radical (unpaired) electrons. The van der Waals surface area contributed by atoms with Gasteiger partial charge < -0.3 is 20.7 Å². The minimum atomic E-state index is -0.0309. The maximum Gasteiger partial charge on any atom is 0.251 e. The number of amides is 1. The maximum atomic E-state index is 12.8. The Bertz CT molecular complexity index is 1370. The molecule has 1 fully saturated rings. The number of nitrogens with one attached hydrogen (secondary N) is 1. The molecule has 4 aromatic rings. The number of carbonyl (C=O) groups is 1. The monoisotopic (exact) mass is 456 g/mol. The smallest absolute Gasteiger partial charge is 0.251 e. The van der Waals surface area contributed by atoms with Crippen molar-refractivity contribution in [2.75, 3.05) is 25.9 Å². The normalized spacial score (nSPS) is 14.2. The number of aromatic nitrogens is 3. The molecule has 1 saturated heterocycles. The summed E-state index contributed by atoms with van der Waals surface area (Å²) in [6.45, 7) is 3.81. The Hall–Kier alpha value is -3.91. The highest BCUT2D eigenvalue weighted by molar-refractivity contribution is 5.96. The predicted octanol–water partition coefficient (Wildman–Crippen LogP) is 3.62. The van der Waals surface area contributed by atoms with E-state index < -0.39 is 0 Å². The molecular formula is C26H28N6O2. The van der Waals surface area contributed by atoms with Gasteiger partial charge in [0.05, 0.1) is 23.4 Å². The van der Waals surface area contributed by atoms with Gasteiger partial charge in [0.2, 0.25) is 0 Å². The first-order valence-corrected chi connectivity index (χ1v) is 11.4. The predicted molar refractivity (Wildman–Crippen MR) is 133 cm³/mol. The van der Waals surface area contributed by atoms with Gasteiger partial charge in [-0.2, -0.15) is 5.10 Å². The zero-order chi connectivity index (χ0) is 23.8. The third-order valence-electron chi connectivity index (χ3n) is 6.20. The third kappa shape index (κ3) is 4.32. The van der Waals surface area contributed by atoms with Crippen LogP contribution < -0.4 is 15.8 Å². The van der Waals surface area contributed by atoms with Crippen molar-refractivity contribution in [3.05, 3.63) is 65.9 Å². The van der Waals surface area contributed by atoms with Crippen LogP contribution >= 0.6 is 0 Å². The zero-order valence-corrected chi connectivity index (χ0v) is 19.6. The Morgan fingerprint density at radius 2 is 1.94 bits per heavy atom. The van der Waals surface area contributed by atoms with Gasteiger partial charge in [0.25, 0.3) is 5.91 Å². The number of fused-ring (bicyclic) bond motifs is 1. The van der Waals surface area contributed by atoms with E-state index in [0.717, 1.165) is 41.5 Å². The number of aryl methyl sites for hydroxylation is 2. The lowest BCUT2D eigenvalue weighted by atomic mass is 9.98. The van der Waals surface area contributed by atoms with Gasteiger partial charge in [-0.05, 0) is 43.3 Å². The summed E-state index contributed by atoms with van der Waals surface area (Å²) >= 11 is 0. The van der Waals surface area contributed by atoms with E-state index in [9.17, 15) is 4.79 Å². The number of carbonyl (C=O) groups excluding carboxylic acids is 1. The number of likely N-dealkylation sites (tertiary alicyclic amines) is 1. The van der Waals surface area contributed by atoms with Crippen molar-refractivity contribution >= 4 is 22.6 Å². The molecule has 0 spiro atoms. The summed E-state index contributed by atoms with van der Waals surface area (Å²) < 4.78 is 7.92. The van der Waals surface area contributed by atoms with Crippen LogP contribution in [0.15, 0.2) is 54.7 Å². The largest absolute Gasteiger partial charge is 0.457 e. The number of nitrogens with two attached hydrogens (primary N) is 1. The molecule has 0 unspecified atom stereocenters. The molecule has 2 aromatic carbocycles. The number of rotatable bonds is 6. The van der Waals surface area contributed by atoms with Gasteiger partial charge in [-0.3, -0.25) is 9.48 Å². The van der Waals surface area contributed by atoms with Crippen LogP contribution in [0.2, 0.25) is 0 Å². The molecule has 8 heteroatoms. The lowest BCUT2D eigenvalue weighted by molar-refractivity contribution is 0.0857. The Labute approximate surface area is 198 Å². The van der Waals surface area contributed by atoms with Gasteiger partial charge in [0.1, 0.15) is 17.3 Å². The van der Waals surface area contributed by atoms with E-state index in [0.29, 0.717) is 28.6 Å². The number of nitrogen functional groups attached to an aromatic ring is 1. The molecule has 174 valence electrons. The van der Waals surface area contributed by atoms with Gasteiger partial charge in [0, 0.05) is 54.8 Å². The van der Waals surface area contributed by atoms with E-state index in [1.54, 1.807) is 6.07 Å². The van der Waals surface area contributed by atoms with Crippen molar-refractivity contribution in [3.8, 4) is 22.8 Å². The Balaban J connectivity index is 1.40. The van der Waals surface area contributed by atoms with Crippen molar-refractivity contribution in [1.29, 1.82) is 0 Å². The van der Waals surface area contributed by atoms with Crippen LogP contribution in [0.1, 0.15) is 22.8 Å². The molecule has 0 bridgehead atoms. The van der Waals surface area contributed by atoms with E-state index in [1.165, 1.54) is 0 Å². The van der Waals surface area contributed by atoms with E-state index in [4.69, 9.17) is 10.5 Å². The second kappa shape index (κ2) is 8.79. The summed E-state index contributed by atoms with van der Waals surface area (Å²) in [5.74, 6) is 1.62. The summed E-state index contributed by atoms with van der Waals surface area (Å²) in [7, 11) is 3.94. The van der Waals surface area contributed by atoms with Crippen molar-refractivity contribution < 1.29 is 9.53 Å². The molecule has 5 rings (SSSR count). The number of benzene rings is 2. The molecular weight excluding hydrogens is 428 g/mol. The van der Waals surface area contributed by atoms with Crippen LogP contribution in [-0.4, -0.2) is 51.8 Å². The van der Waals surface area contributed by atoms with Crippen LogP contribution in [0.5, 0.6) is 11.5 Å². The molecule has 0 aliphatic carbocycles. The SMILES string of the molecule is CCc1cc(-c2cc(Oc3ccc4cnn(C)c4c3)cc(N)n2)ccc1C(=O)NC1CN(C)C1. The highest BCUT2D eigenvalue weighted by Crippen LogP contribution is 2.30. The second-order valence-electron chi connectivity index (χ2n) is 8.82. The summed E-state index contributed by atoms with van der Waals surface area (Å²) in [4.78, 5) is 19.5. The number of likely N-dealkylation sites (N-methyl/N-ethyl adjacent to an activating group) is 1. The van der Waals surface area contributed by atoms with Crippen molar-refractivity contribution in [2.45, 2.75) is 19.4 Å². The summed E-state index contributed by atoms with van der Waals surface area (Å²) in [6.07, 6.45) is 2.55. The van der Waals surface area contributed by atoms with E-state index in [-0.39, 0.29) is 11.9 Å². The van der Waals surface area contributed by atoms with Crippen LogP contribution in [0.3, 0.4) is 0 Å². The molecule has 0 saturated carbocycles. The van der Waals surface area contributed by atoms with Gasteiger partial charge in [-0.15, -0.1) is 0 Å². The average Bonchev–Trinajstić information content (AvgIpc) is 3.17. The Kier molecular flexibility index (Phi) is 5.67. The van der Waals surface area contributed by atoms with Crippen molar-refractivity contribution in [3.63, 3.8) is 0 Å². The highest BCUT2D eigenvalue weighted by atomic mass is 16.5. The average molecular weight is 457 g/mol. The molecule has 0 atom stereocenters. The lowest BCUT2D eigenvalue weighted by Gasteiger charge is -2.36. The second-order valence-corrected chi connectivity index (χ2v) is 8.82. The first kappa shape index (κ1) is 21.9. The fourth-order valence-electron chi connectivity index (χ4n) is 4.38. The van der Waals surface area contributed by atoms with Crippen molar-refractivity contribution in [1.82, 2.24) is 25.0 Å². The molecule has 3 heterocycles. The van der Waals surface area contributed by atoms with Gasteiger partial charge >= 0.3 is 0 Å². The van der Waals surface area contributed by atoms with Crippen molar-refractivity contribution in [2.24, 2.45) is 7.05 Å². The molecule has 8 nitrogen and oxygen atoms in total. The number of hydrogen-bond acceptors (Lipinski definition) is 6. The fraction of sp³-hybridized carbons (Fsp3) is 0.269. The zero-order valence-electron chi connectivity index (χ0n) is 19.6. The molecule has 3 N–H and O–H groups in total. The van der Waals surface area contributed by atoms with Gasteiger partial charge in [0.15, 0.2) is 0 Å². The minimum Gasteiger partial charge on any atom is -0.457 e. The molecule has 1 aliphatic heterocycles. The first-order valence-electron chi connectivity index (χ1n) is 11.4. The third-order valence-corrected chi connectivity index (χ3v) is 6.20. The topological polar surface area (TPSA) is 98.3 Å². The molecule has 34 heavy (non-hydrogen) atoms. The Morgan fingerprint density at radius 3 is 2.71 bits per heavy atom. The van der Waals surface area contributed by atoms with Crippen LogP contribution in [0.4, 0.5) is 5.82 Å². The number of pyridine rings is 1. The summed E-state index contributed by atoms with van der Waals surface area (Å²) in [6, 6.07) is 15.4. The Morgan fingerprint density at radius 1 is 1.12 bits per heavy atom. The van der Waals surface area contributed by atoms with E-state index >= 15 is 0 Å². The molecule has 1 amide bonds. The number of anilines is 1. The van der Waals surface area contributed by atoms with Gasteiger partial charge in [-0.25, -0.2) is 4.98 Å². The number of hydrogen-bond donors (Lipinski definition) is 2. The summed E-state index contributed by atoms with van der Waals surface area (Å²) in [5, 5.41) is 8.44. The highest BCUT2D eigenvalue weighted by Gasteiger charge is 2.25. The number of nitrogens with zero attached hydrogens (tertiary/aromatic N) is 4. The lowest BCUT2D eigenvalue weighted by Crippen LogP contribution is -2.57. The van der Waals surface area contributed by atoms with Crippen LogP contribution in [0.25, 0.3) is 22.2 Å². The minimum absolute atomic E-state index is 0.0309. The first-order chi connectivity index (χ1) is 16.4. The standard InChI is InChI=1S/C26H28N6O2/c1-4-16-9-17(6-8-22(16)26(33)29-19-14-31(2)15-19)23-10-21(12-25(27)30-23)34-20-7-5-18-13-28-32(3)24(18)11-20/h5-13,19H,4,14-15H2,1-3H3,(H2,27,30)(H,29,33). The fourth-order valence-corrected chi connectivity index (χ4v) is 4.38. The number of ether oxygens (including phenoxy) is 1. The molecule has 1 aliphatic rings. The van der Waals surface area contributed by atoms with Gasteiger partial charge in [-0.1, -0.05) is 13.0 Å². The van der Waals surface area contributed by atoms with Crippen LogP contribution in [0, 0.1) is 0 Å². The van der Waals surface area contributed by atoms with E-state index in [1.807, 2.05) is 74.4 Å². The maximum absolute atomic E-state index is 12.8. The molecule has 2 aromatic heterocycles.